The number of nitriles is 1. The number of fused-ring (bicyclic) bond motifs is 1. The average Bonchev–Trinajstić information content (AvgIpc) is 3.41. The molecule has 38 heavy (non-hydrogen) atoms. The zero-order chi connectivity index (χ0) is 26.6. The number of benzene rings is 2. The molecule has 2 aromatic carbocycles. The molecule has 0 spiro atoms. The molecule has 0 saturated carbocycles. The van der Waals surface area contributed by atoms with Crippen LogP contribution < -0.4 is 9.62 Å². The third-order valence-corrected chi connectivity index (χ3v) is 9.40. The minimum Gasteiger partial charge on any atom is -0.393 e. The van der Waals surface area contributed by atoms with Gasteiger partial charge >= 0.3 is 0 Å². The molecule has 0 aliphatic carbocycles. The Balaban J connectivity index is 1.26. The molecule has 200 valence electrons. The first-order valence-corrected chi connectivity index (χ1v) is 14.6. The summed E-state index contributed by atoms with van der Waals surface area (Å²) in [6.45, 7) is 6.70. The molecule has 3 aromatic rings. The summed E-state index contributed by atoms with van der Waals surface area (Å²) in [5, 5.41) is 31.8. The zero-order valence-corrected chi connectivity index (χ0v) is 23.4. The third-order valence-electron chi connectivity index (χ3n) is 7.24. The predicted octanol–water partition coefficient (Wildman–Crippen LogP) is 4.67. The van der Waals surface area contributed by atoms with Crippen LogP contribution in [0.3, 0.4) is 0 Å². The van der Waals surface area contributed by atoms with Gasteiger partial charge < -0.3 is 24.7 Å². The van der Waals surface area contributed by atoms with Crippen LogP contribution in [0.4, 0.5) is 5.69 Å². The highest BCUT2D eigenvalue weighted by molar-refractivity contribution is 8.01. The van der Waals surface area contributed by atoms with Gasteiger partial charge in [0.1, 0.15) is 11.0 Å². The lowest BCUT2D eigenvalue weighted by atomic mass is 10.0. The fraction of sp³-hybridized carbons (Fsp3) is 0.414. The maximum atomic E-state index is 9.83. The van der Waals surface area contributed by atoms with Gasteiger partial charge in [-0.15, -0.1) is 11.3 Å². The van der Waals surface area contributed by atoms with Crippen molar-refractivity contribution in [2.24, 2.45) is 0 Å². The van der Waals surface area contributed by atoms with Crippen LogP contribution in [0.2, 0.25) is 0 Å². The van der Waals surface area contributed by atoms with E-state index in [-0.39, 0.29) is 12.5 Å². The molecule has 5 rings (SSSR count). The fourth-order valence-electron chi connectivity index (χ4n) is 4.94. The van der Waals surface area contributed by atoms with Crippen molar-refractivity contribution in [2.45, 2.75) is 38.3 Å². The van der Waals surface area contributed by atoms with Crippen LogP contribution in [0.15, 0.2) is 53.4 Å². The fourth-order valence-corrected chi connectivity index (χ4v) is 6.74. The Labute approximate surface area is 232 Å². The van der Waals surface area contributed by atoms with Crippen LogP contribution in [0.25, 0.3) is 26.8 Å². The Morgan fingerprint density at radius 1 is 1.08 bits per heavy atom. The maximum Gasteiger partial charge on any atom is 0.157 e. The number of allylic oxidation sites excluding steroid dienone is 2. The number of hydrogen-bond donors (Lipinski definition) is 3. The molecule has 3 heterocycles. The number of aliphatic hydroxyl groups is 2. The molecule has 7 nitrogen and oxygen atoms in total. The van der Waals surface area contributed by atoms with Crippen molar-refractivity contribution in [1.29, 1.82) is 5.26 Å². The lowest BCUT2D eigenvalue weighted by molar-refractivity contribution is -0.186. The number of piperazine rings is 1. The second-order valence-electron chi connectivity index (χ2n) is 10.1. The van der Waals surface area contributed by atoms with Crippen LogP contribution in [0, 0.1) is 11.3 Å². The monoisotopic (exact) mass is 550 g/mol. The SMILES string of the molecule is C/C(=C(/C#N)SNCC1CC(O)CC(O)O1)c1ccc(-c2ccc3cc(N4CCN(C)CC4)ccc3c2)s1. The van der Waals surface area contributed by atoms with E-state index in [1.54, 1.807) is 11.3 Å². The number of ether oxygens (including phenoxy) is 1. The summed E-state index contributed by atoms with van der Waals surface area (Å²) in [6.07, 6.45) is -1.10. The summed E-state index contributed by atoms with van der Waals surface area (Å²) in [5.74, 6) is 0. The molecule has 9 heteroatoms. The first kappa shape index (κ1) is 27.2. The Kier molecular flexibility index (Phi) is 8.71. The van der Waals surface area contributed by atoms with Gasteiger partial charge in [-0.1, -0.05) is 18.2 Å². The molecule has 2 fully saturated rings. The van der Waals surface area contributed by atoms with Crippen molar-refractivity contribution < 1.29 is 14.9 Å². The smallest absolute Gasteiger partial charge is 0.157 e. The van der Waals surface area contributed by atoms with Crippen LogP contribution >= 0.6 is 23.3 Å². The molecule has 3 atom stereocenters. The van der Waals surface area contributed by atoms with E-state index in [0.717, 1.165) is 36.6 Å². The molecular formula is C29H34N4O3S2. The number of likely N-dealkylation sites (N-methyl/N-ethyl adjacent to an activating group) is 1. The molecule has 2 aliphatic heterocycles. The summed E-state index contributed by atoms with van der Waals surface area (Å²) in [4.78, 5) is 7.64. The normalized spacial score (nSPS) is 23.3. The van der Waals surface area contributed by atoms with Gasteiger partial charge in [0.05, 0.1) is 12.2 Å². The first-order chi connectivity index (χ1) is 18.4. The Hall–Kier alpha value is -2.42. The molecule has 1 aromatic heterocycles. The molecule has 2 aliphatic rings. The van der Waals surface area contributed by atoms with Crippen molar-refractivity contribution in [3.05, 3.63) is 58.3 Å². The van der Waals surface area contributed by atoms with Crippen LogP contribution in [-0.2, 0) is 4.74 Å². The van der Waals surface area contributed by atoms with E-state index in [9.17, 15) is 15.5 Å². The molecule has 0 amide bonds. The summed E-state index contributed by atoms with van der Waals surface area (Å²) < 4.78 is 8.63. The van der Waals surface area contributed by atoms with Gasteiger partial charge in [0.15, 0.2) is 6.29 Å². The lowest BCUT2D eigenvalue weighted by Crippen LogP contribution is -2.44. The van der Waals surface area contributed by atoms with Gasteiger partial charge in [-0.3, -0.25) is 4.72 Å². The van der Waals surface area contributed by atoms with E-state index in [2.05, 4.69) is 76.2 Å². The number of anilines is 1. The van der Waals surface area contributed by atoms with Gasteiger partial charge in [0, 0.05) is 61.0 Å². The highest BCUT2D eigenvalue weighted by Gasteiger charge is 2.26. The Morgan fingerprint density at radius 3 is 2.61 bits per heavy atom. The van der Waals surface area contributed by atoms with E-state index >= 15 is 0 Å². The third kappa shape index (κ3) is 6.41. The van der Waals surface area contributed by atoms with E-state index in [0.29, 0.717) is 17.9 Å². The second kappa shape index (κ2) is 12.2. The zero-order valence-electron chi connectivity index (χ0n) is 21.8. The number of nitrogens with zero attached hydrogens (tertiary/aromatic N) is 3. The largest absolute Gasteiger partial charge is 0.393 e. The van der Waals surface area contributed by atoms with Crippen molar-refractivity contribution in [3.63, 3.8) is 0 Å². The number of nitrogens with one attached hydrogen (secondary N) is 1. The number of rotatable bonds is 7. The van der Waals surface area contributed by atoms with Crippen molar-refractivity contribution in [2.75, 3.05) is 44.7 Å². The number of aliphatic hydroxyl groups excluding tert-OH is 2. The van der Waals surface area contributed by atoms with Crippen molar-refractivity contribution in [1.82, 2.24) is 9.62 Å². The molecule has 2 saturated heterocycles. The topological polar surface area (TPSA) is 92.0 Å². The summed E-state index contributed by atoms with van der Waals surface area (Å²) in [6, 6.07) is 19.9. The van der Waals surface area contributed by atoms with Crippen molar-refractivity contribution >= 4 is 45.3 Å². The standard InChI is InChI=1S/C29H34N4O3S2/c1-19(28(17-30)38-31-18-25-15-24(34)16-29(35)36-25)26-7-8-27(37-26)22-4-3-21-14-23(6-5-20(21)13-22)33-11-9-32(2)10-12-33/h3-8,13-14,24-25,29,31,34-35H,9-12,15-16,18H2,1-2H3/b28-19+. The van der Waals surface area contributed by atoms with E-state index in [4.69, 9.17) is 4.74 Å². The second-order valence-corrected chi connectivity index (χ2v) is 12.0. The van der Waals surface area contributed by atoms with E-state index in [1.165, 1.54) is 38.8 Å². The Morgan fingerprint density at radius 2 is 1.84 bits per heavy atom. The summed E-state index contributed by atoms with van der Waals surface area (Å²) >= 11 is 2.95. The highest BCUT2D eigenvalue weighted by atomic mass is 32.2. The average molecular weight is 551 g/mol. The first-order valence-electron chi connectivity index (χ1n) is 13.0. The van der Waals surface area contributed by atoms with Gasteiger partial charge in [-0.05, 0) is 78.2 Å². The lowest BCUT2D eigenvalue weighted by Gasteiger charge is -2.34. The van der Waals surface area contributed by atoms with Gasteiger partial charge in [0.2, 0.25) is 0 Å². The van der Waals surface area contributed by atoms with Gasteiger partial charge in [-0.2, -0.15) is 5.26 Å². The van der Waals surface area contributed by atoms with Gasteiger partial charge in [-0.25, -0.2) is 0 Å². The molecular weight excluding hydrogens is 516 g/mol. The number of hydrogen-bond acceptors (Lipinski definition) is 9. The highest BCUT2D eigenvalue weighted by Crippen LogP contribution is 2.36. The summed E-state index contributed by atoms with van der Waals surface area (Å²) in [7, 11) is 2.18. The molecule has 3 N–H and O–H groups in total. The molecule has 3 unspecified atom stereocenters. The number of thiophene rings is 1. The minimum absolute atomic E-state index is 0.238. The predicted molar refractivity (Wildman–Crippen MR) is 157 cm³/mol. The van der Waals surface area contributed by atoms with E-state index in [1.807, 2.05) is 6.92 Å². The quantitative estimate of drug-likeness (QED) is 0.289. The Bertz CT molecular complexity index is 1330. The summed E-state index contributed by atoms with van der Waals surface area (Å²) in [5.41, 5.74) is 3.38. The molecule has 0 bridgehead atoms. The van der Waals surface area contributed by atoms with Gasteiger partial charge in [0.25, 0.3) is 0 Å². The maximum absolute atomic E-state index is 9.83. The molecule has 0 radical (unpaired) electrons. The van der Waals surface area contributed by atoms with Crippen LogP contribution in [0.5, 0.6) is 0 Å². The van der Waals surface area contributed by atoms with E-state index < -0.39 is 12.4 Å². The minimum atomic E-state index is -0.943. The van der Waals surface area contributed by atoms with Crippen LogP contribution in [-0.4, -0.2) is 73.4 Å². The van der Waals surface area contributed by atoms with Crippen molar-refractivity contribution in [3.8, 4) is 16.5 Å². The van der Waals surface area contributed by atoms with Crippen LogP contribution in [0.1, 0.15) is 24.6 Å².